The Morgan fingerprint density at radius 1 is 0.619 bits per heavy atom. The first-order valence-corrected chi connectivity index (χ1v) is 8.10. The lowest BCUT2D eigenvalue weighted by atomic mass is 9.69. The van der Waals surface area contributed by atoms with Crippen LogP contribution in [0, 0.1) is 27.7 Å². The first kappa shape index (κ1) is 15.8. The van der Waals surface area contributed by atoms with Crippen LogP contribution in [0.2, 0.25) is 0 Å². The van der Waals surface area contributed by atoms with Gasteiger partial charge in [-0.15, -0.1) is 0 Å². The zero-order valence-electron chi connectivity index (χ0n) is 14.4. The van der Waals surface area contributed by atoms with Crippen molar-refractivity contribution < 1.29 is 0 Å². The van der Waals surface area contributed by atoms with E-state index in [2.05, 4.69) is 77.9 Å². The zero-order valence-corrected chi connectivity index (χ0v) is 14.4. The fraction of sp³-hybridized carbons (Fsp3) is 0.429. The molecule has 0 aliphatic rings. The van der Waals surface area contributed by atoms with Crippen molar-refractivity contribution in [3.8, 4) is 0 Å². The Bertz CT molecular complexity index is 577. The molecule has 0 amide bonds. The largest absolute Gasteiger partial charge is 0.0642 e. The van der Waals surface area contributed by atoms with Crippen molar-refractivity contribution in [2.75, 3.05) is 0 Å². The second-order valence-electron chi connectivity index (χ2n) is 6.39. The van der Waals surface area contributed by atoms with E-state index in [1.165, 1.54) is 33.4 Å². The average Bonchev–Trinajstić information content (AvgIpc) is 2.48. The minimum absolute atomic E-state index is 0.136. The standard InChI is InChI=1S/C21H28/c1-7-21(8-2,19-11-9-15(3)17(5)13-19)20-12-10-16(4)18(6)14-20/h9-14H,7-8H2,1-6H3. The molecule has 0 fully saturated rings. The quantitative estimate of drug-likeness (QED) is 0.641. The molecule has 2 aromatic carbocycles. The highest BCUT2D eigenvalue weighted by Crippen LogP contribution is 2.40. The first-order valence-electron chi connectivity index (χ1n) is 8.10. The van der Waals surface area contributed by atoms with E-state index in [0.717, 1.165) is 12.8 Å². The molecular formula is C21H28. The van der Waals surface area contributed by atoms with Crippen LogP contribution in [0.15, 0.2) is 36.4 Å². The van der Waals surface area contributed by atoms with Crippen molar-refractivity contribution >= 4 is 0 Å². The number of rotatable bonds is 4. The van der Waals surface area contributed by atoms with Gasteiger partial charge in [-0.25, -0.2) is 0 Å². The molecule has 0 radical (unpaired) electrons. The molecule has 21 heavy (non-hydrogen) atoms. The van der Waals surface area contributed by atoms with E-state index < -0.39 is 0 Å². The maximum Gasteiger partial charge on any atom is 0.0197 e. The maximum absolute atomic E-state index is 2.39. The fourth-order valence-corrected chi connectivity index (χ4v) is 3.31. The molecule has 2 rings (SSSR count). The Morgan fingerprint density at radius 2 is 1.00 bits per heavy atom. The van der Waals surface area contributed by atoms with Crippen LogP contribution >= 0.6 is 0 Å². The number of benzene rings is 2. The second-order valence-corrected chi connectivity index (χ2v) is 6.39. The summed E-state index contributed by atoms with van der Waals surface area (Å²) in [4.78, 5) is 0. The highest BCUT2D eigenvalue weighted by Gasteiger charge is 2.31. The van der Waals surface area contributed by atoms with Gasteiger partial charge in [-0.05, 0) is 73.9 Å². The minimum atomic E-state index is 0.136. The summed E-state index contributed by atoms with van der Waals surface area (Å²) < 4.78 is 0. The Balaban J connectivity index is 2.63. The molecule has 0 saturated carbocycles. The highest BCUT2D eigenvalue weighted by molar-refractivity contribution is 5.45. The van der Waals surface area contributed by atoms with Crippen molar-refractivity contribution in [2.45, 2.75) is 59.8 Å². The summed E-state index contributed by atoms with van der Waals surface area (Å²) >= 11 is 0. The van der Waals surface area contributed by atoms with Gasteiger partial charge in [-0.2, -0.15) is 0 Å². The molecule has 0 N–H and O–H groups in total. The summed E-state index contributed by atoms with van der Waals surface area (Å²) in [6.07, 6.45) is 2.27. The molecule has 0 nitrogen and oxygen atoms in total. The van der Waals surface area contributed by atoms with Gasteiger partial charge < -0.3 is 0 Å². The summed E-state index contributed by atoms with van der Waals surface area (Å²) in [6.45, 7) is 13.4. The molecule has 0 spiro atoms. The third-order valence-electron chi connectivity index (χ3n) is 5.33. The lowest BCUT2D eigenvalue weighted by Crippen LogP contribution is -2.26. The monoisotopic (exact) mass is 280 g/mol. The molecule has 0 aromatic heterocycles. The van der Waals surface area contributed by atoms with Gasteiger partial charge in [0.25, 0.3) is 0 Å². The molecule has 0 saturated heterocycles. The Kier molecular flexibility index (Phi) is 4.56. The smallest absolute Gasteiger partial charge is 0.0197 e. The van der Waals surface area contributed by atoms with E-state index in [-0.39, 0.29) is 5.41 Å². The van der Waals surface area contributed by atoms with Gasteiger partial charge in [-0.3, -0.25) is 0 Å². The van der Waals surface area contributed by atoms with E-state index in [9.17, 15) is 0 Å². The molecule has 0 heteroatoms. The second kappa shape index (κ2) is 6.05. The van der Waals surface area contributed by atoms with E-state index in [1.54, 1.807) is 0 Å². The fourth-order valence-electron chi connectivity index (χ4n) is 3.31. The molecule has 0 heterocycles. The van der Waals surface area contributed by atoms with Crippen LogP contribution in [0.1, 0.15) is 60.1 Å². The predicted octanol–water partition coefficient (Wildman–Crippen LogP) is 6.03. The number of hydrogen-bond donors (Lipinski definition) is 0. The summed E-state index contributed by atoms with van der Waals surface area (Å²) in [5.74, 6) is 0. The first-order chi connectivity index (χ1) is 9.94. The summed E-state index contributed by atoms with van der Waals surface area (Å²) in [5.41, 5.74) is 8.58. The third kappa shape index (κ3) is 2.77. The van der Waals surface area contributed by atoms with Crippen LogP contribution in [0.3, 0.4) is 0 Å². The van der Waals surface area contributed by atoms with Crippen molar-refractivity contribution in [3.63, 3.8) is 0 Å². The van der Waals surface area contributed by atoms with E-state index >= 15 is 0 Å². The van der Waals surface area contributed by atoms with Crippen LogP contribution in [0.4, 0.5) is 0 Å². The highest BCUT2D eigenvalue weighted by atomic mass is 14.3. The molecule has 0 aliphatic carbocycles. The number of aryl methyl sites for hydroxylation is 4. The summed E-state index contributed by atoms with van der Waals surface area (Å²) in [5, 5.41) is 0. The predicted molar refractivity (Wildman–Crippen MR) is 93.2 cm³/mol. The molecule has 0 atom stereocenters. The summed E-state index contributed by atoms with van der Waals surface area (Å²) in [6, 6.07) is 14.0. The minimum Gasteiger partial charge on any atom is -0.0642 e. The van der Waals surface area contributed by atoms with Crippen molar-refractivity contribution in [1.29, 1.82) is 0 Å². The molecule has 0 unspecified atom stereocenters. The topological polar surface area (TPSA) is 0 Å². The Morgan fingerprint density at radius 3 is 1.29 bits per heavy atom. The van der Waals surface area contributed by atoms with E-state index in [1.807, 2.05) is 0 Å². The molecule has 0 aliphatic heterocycles. The lowest BCUT2D eigenvalue weighted by Gasteiger charge is -2.34. The Hall–Kier alpha value is -1.56. The normalized spacial score (nSPS) is 11.7. The van der Waals surface area contributed by atoms with Gasteiger partial charge in [-0.1, -0.05) is 50.2 Å². The van der Waals surface area contributed by atoms with Crippen molar-refractivity contribution in [3.05, 3.63) is 69.8 Å². The third-order valence-corrected chi connectivity index (χ3v) is 5.33. The van der Waals surface area contributed by atoms with Gasteiger partial charge >= 0.3 is 0 Å². The lowest BCUT2D eigenvalue weighted by molar-refractivity contribution is 0.477. The molecular weight excluding hydrogens is 252 g/mol. The van der Waals surface area contributed by atoms with Gasteiger partial charge in [0.15, 0.2) is 0 Å². The molecule has 112 valence electrons. The molecule has 2 aromatic rings. The van der Waals surface area contributed by atoms with Gasteiger partial charge in [0, 0.05) is 5.41 Å². The summed E-state index contributed by atoms with van der Waals surface area (Å²) in [7, 11) is 0. The van der Waals surface area contributed by atoms with Crippen LogP contribution < -0.4 is 0 Å². The maximum atomic E-state index is 2.39. The van der Waals surface area contributed by atoms with Gasteiger partial charge in [0.05, 0.1) is 0 Å². The van der Waals surface area contributed by atoms with Gasteiger partial charge in [0.1, 0.15) is 0 Å². The van der Waals surface area contributed by atoms with E-state index in [0.29, 0.717) is 0 Å². The zero-order chi connectivity index (χ0) is 15.6. The van der Waals surface area contributed by atoms with Crippen LogP contribution in [-0.2, 0) is 5.41 Å². The van der Waals surface area contributed by atoms with Crippen LogP contribution in [0.5, 0.6) is 0 Å². The number of hydrogen-bond acceptors (Lipinski definition) is 0. The van der Waals surface area contributed by atoms with Crippen LogP contribution in [-0.4, -0.2) is 0 Å². The van der Waals surface area contributed by atoms with Crippen molar-refractivity contribution in [1.82, 2.24) is 0 Å². The van der Waals surface area contributed by atoms with Crippen LogP contribution in [0.25, 0.3) is 0 Å². The van der Waals surface area contributed by atoms with E-state index in [4.69, 9.17) is 0 Å². The Labute approximate surface area is 130 Å². The van der Waals surface area contributed by atoms with Crippen molar-refractivity contribution in [2.24, 2.45) is 0 Å². The van der Waals surface area contributed by atoms with Gasteiger partial charge in [0.2, 0.25) is 0 Å². The SMILES string of the molecule is CCC(CC)(c1ccc(C)c(C)c1)c1ccc(C)c(C)c1. The molecule has 0 bridgehead atoms. The average molecular weight is 280 g/mol.